The van der Waals surface area contributed by atoms with Crippen LogP contribution in [0.2, 0.25) is 10.0 Å². The summed E-state index contributed by atoms with van der Waals surface area (Å²) < 4.78 is 0. The van der Waals surface area contributed by atoms with E-state index in [0.29, 0.717) is 22.2 Å². The molecule has 18 heavy (non-hydrogen) atoms. The molecule has 0 saturated heterocycles. The average molecular weight is 291 g/mol. The summed E-state index contributed by atoms with van der Waals surface area (Å²) in [6.45, 7) is 3.51. The molecule has 1 atom stereocenters. The molecule has 6 heteroatoms. The molecule has 1 aromatic carbocycles. The molecule has 0 heterocycles. The van der Waals surface area contributed by atoms with E-state index in [1.807, 2.05) is 6.92 Å². The number of urea groups is 1. The van der Waals surface area contributed by atoms with Crippen LogP contribution < -0.4 is 10.6 Å². The summed E-state index contributed by atoms with van der Waals surface area (Å²) >= 11 is 11.7. The molecule has 1 aromatic rings. The fourth-order valence-corrected chi connectivity index (χ4v) is 1.83. The van der Waals surface area contributed by atoms with Gasteiger partial charge in [0.05, 0.1) is 12.1 Å². The number of carbonyl (C=O) groups is 1. The molecule has 0 radical (unpaired) electrons. The van der Waals surface area contributed by atoms with Gasteiger partial charge in [-0.1, -0.05) is 30.1 Å². The molecule has 0 spiro atoms. The van der Waals surface area contributed by atoms with Crippen LogP contribution in [0.25, 0.3) is 0 Å². The highest BCUT2D eigenvalue weighted by Crippen LogP contribution is 2.22. The second-order valence-electron chi connectivity index (χ2n) is 4.31. The van der Waals surface area contributed by atoms with E-state index in [-0.39, 0.29) is 6.61 Å². The summed E-state index contributed by atoms with van der Waals surface area (Å²) in [6, 6.07) is 4.35. The number of nitrogens with one attached hydrogen (secondary N) is 2. The van der Waals surface area contributed by atoms with E-state index in [0.717, 1.165) is 0 Å². The fourth-order valence-electron chi connectivity index (χ4n) is 1.30. The van der Waals surface area contributed by atoms with Crippen LogP contribution in [0.3, 0.4) is 0 Å². The van der Waals surface area contributed by atoms with Crippen LogP contribution in [-0.4, -0.2) is 23.3 Å². The number of rotatable bonds is 4. The number of halogens is 2. The number of amides is 2. The SMILES string of the molecule is CCC(C)(CO)NC(=O)Nc1cc(Cl)cc(Cl)c1. The van der Waals surface area contributed by atoms with Gasteiger partial charge in [0.2, 0.25) is 0 Å². The zero-order valence-electron chi connectivity index (χ0n) is 10.3. The van der Waals surface area contributed by atoms with Crippen molar-refractivity contribution in [2.24, 2.45) is 0 Å². The number of anilines is 1. The Morgan fingerprint density at radius 1 is 1.33 bits per heavy atom. The van der Waals surface area contributed by atoms with Gasteiger partial charge in [-0.15, -0.1) is 0 Å². The van der Waals surface area contributed by atoms with Crippen molar-refractivity contribution in [2.75, 3.05) is 11.9 Å². The lowest BCUT2D eigenvalue weighted by Crippen LogP contribution is -2.50. The monoisotopic (exact) mass is 290 g/mol. The van der Waals surface area contributed by atoms with Crippen molar-refractivity contribution in [1.29, 1.82) is 0 Å². The molecule has 2 amide bonds. The first-order valence-electron chi connectivity index (χ1n) is 5.54. The van der Waals surface area contributed by atoms with Crippen LogP contribution in [0, 0.1) is 0 Å². The van der Waals surface area contributed by atoms with Gasteiger partial charge in [0.25, 0.3) is 0 Å². The molecule has 1 rings (SSSR count). The first-order chi connectivity index (χ1) is 8.38. The van der Waals surface area contributed by atoms with E-state index < -0.39 is 11.6 Å². The van der Waals surface area contributed by atoms with Crippen molar-refractivity contribution in [3.63, 3.8) is 0 Å². The van der Waals surface area contributed by atoms with Gasteiger partial charge >= 0.3 is 6.03 Å². The lowest BCUT2D eigenvalue weighted by Gasteiger charge is -2.27. The van der Waals surface area contributed by atoms with Crippen LogP contribution >= 0.6 is 23.2 Å². The van der Waals surface area contributed by atoms with Gasteiger partial charge in [0.1, 0.15) is 0 Å². The minimum Gasteiger partial charge on any atom is -0.394 e. The van der Waals surface area contributed by atoms with E-state index in [2.05, 4.69) is 10.6 Å². The van der Waals surface area contributed by atoms with Crippen molar-refractivity contribution >= 4 is 34.9 Å². The second-order valence-corrected chi connectivity index (χ2v) is 5.18. The van der Waals surface area contributed by atoms with Crippen molar-refractivity contribution in [3.05, 3.63) is 28.2 Å². The number of hydrogen-bond donors (Lipinski definition) is 3. The van der Waals surface area contributed by atoms with Crippen LogP contribution in [0.1, 0.15) is 20.3 Å². The maximum atomic E-state index is 11.7. The first-order valence-corrected chi connectivity index (χ1v) is 6.30. The Balaban J connectivity index is 2.70. The molecule has 4 nitrogen and oxygen atoms in total. The third-order valence-corrected chi connectivity index (χ3v) is 3.10. The van der Waals surface area contributed by atoms with Gasteiger partial charge in [-0.3, -0.25) is 0 Å². The summed E-state index contributed by atoms with van der Waals surface area (Å²) in [5.41, 5.74) is -0.145. The third kappa shape index (κ3) is 4.37. The quantitative estimate of drug-likeness (QED) is 0.797. The molecule has 0 aliphatic heterocycles. The second kappa shape index (κ2) is 6.27. The highest BCUT2D eigenvalue weighted by Gasteiger charge is 2.23. The van der Waals surface area contributed by atoms with Crippen molar-refractivity contribution in [1.82, 2.24) is 5.32 Å². The predicted molar refractivity (Wildman–Crippen MR) is 74.4 cm³/mol. The van der Waals surface area contributed by atoms with Crippen LogP contribution in [0.5, 0.6) is 0 Å². The Morgan fingerprint density at radius 3 is 2.33 bits per heavy atom. The fraction of sp³-hybridized carbons (Fsp3) is 0.417. The smallest absolute Gasteiger partial charge is 0.319 e. The molecule has 100 valence electrons. The van der Waals surface area contributed by atoms with Crippen LogP contribution in [0.15, 0.2) is 18.2 Å². The Morgan fingerprint density at radius 2 is 1.89 bits per heavy atom. The largest absolute Gasteiger partial charge is 0.394 e. The van der Waals surface area contributed by atoms with Gasteiger partial charge in [0.15, 0.2) is 0 Å². The zero-order chi connectivity index (χ0) is 13.8. The summed E-state index contributed by atoms with van der Waals surface area (Å²) in [5, 5.41) is 15.4. The molecular formula is C12H16Cl2N2O2. The summed E-state index contributed by atoms with van der Waals surface area (Å²) in [6.07, 6.45) is 0.618. The van der Waals surface area contributed by atoms with Crippen molar-refractivity contribution in [2.45, 2.75) is 25.8 Å². The lowest BCUT2D eigenvalue weighted by molar-refractivity contribution is 0.172. The van der Waals surface area contributed by atoms with Gasteiger partial charge < -0.3 is 15.7 Å². The summed E-state index contributed by atoms with van der Waals surface area (Å²) in [7, 11) is 0. The van der Waals surface area contributed by atoms with Gasteiger partial charge in [-0.05, 0) is 31.5 Å². The highest BCUT2D eigenvalue weighted by molar-refractivity contribution is 6.35. The van der Waals surface area contributed by atoms with Crippen molar-refractivity contribution in [3.8, 4) is 0 Å². The predicted octanol–water partition coefficient (Wildman–Crippen LogP) is 3.28. The first kappa shape index (κ1) is 15.1. The number of aliphatic hydroxyl groups excluding tert-OH is 1. The van der Waals surface area contributed by atoms with E-state index in [1.165, 1.54) is 0 Å². The van der Waals surface area contributed by atoms with Gasteiger partial charge in [0, 0.05) is 15.7 Å². The van der Waals surface area contributed by atoms with Gasteiger partial charge in [-0.25, -0.2) is 4.79 Å². The summed E-state index contributed by atoms with van der Waals surface area (Å²) in [5.74, 6) is 0. The van der Waals surface area contributed by atoms with Gasteiger partial charge in [-0.2, -0.15) is 0 Å². The Kier molecular flexibility index (Phi) is 5.26. The van der Waals surface area contributed by atoms with Crippen LogP contribution in [0.4, 0.5) is 10.5 Å². The van der Waals surface area contributed by atoms with E-state index >= 15 is 0 Å². The maximum Gasteiger partial charge on any atom is 0.319 e. The summed E-state index contributed by atoms with van der Waals surface area (Å²) in [4.78, 5) is 11.7. The topological polar surface area (TPSA) is 61.4 Å². The minimum absolute atomic E-state index is 0.132. The molecule has 0 aliphatic rings. The molecule has 0 fully saturated rings. The Bertz CT molecular complexity index is 414. The van der Waals surface area contributed by atoms with E-state index in [9.17, 15) is 9.90 Å². The molecule has 0 aromatic heterocycles. The molecular weight excluding hydrogens is 275 g/mol. The van der Waals surface area contributed by atoms with E-state index in [1.54, 1.807) is 25.1 Å². The zero-order valence-corrected chi connectivity index (χ0v) is 11.8. The number of benzene rings is 1. The molecule has 1 unspecified atom stereocenters. The highest BCUT2D eigenvalue weighted by atomic mass is 35.5. The average Bonchev–Trinajstić information content (AvgIpc) is 2.27. The number of aliphatic hydroxyl groups is 1. The molecule has 0 bridgehead atoms. The molecule has 0 saturated carbocycles. The minimum atomic E-state index is -0.646. The normalized spacial score (nSPS) is 13.8. The third-order valence-electron chi connectivity index (χ3n) is 2.67. The molecule has 0 aliphatic carbocycles. The molecule has 3 N–H and O–H groups in total. The van der Waals surface area contributed by atoms with E-state index in [4.69, 9.17) is 23.2 Å². The van der Waals surface area contributed by atoms with Crippen LogP contribution in [-0.2, 0) is 0 Å². The maximum absolute atomic E-state index is 11.7. The lowest BCUT2D eigenvalue weighted by atomic mass is 10.0. The number of hydrogen-bond acceptors (Lipinski definition) is 2. The Labute approximate surface area is 116 Å². The standard InChI is InChI=1S/C12H16Cl2N2O2/c1-3-12(2,7-17)16-11(18)15-10-5-8(13)4-9(14)6-10/h4-6,17H,3,7H2,1-2H3,(H2,15,16,18). The van der Waals surface area contributed by atoms with Crippen molar-refractivity contribution < 1.29 is 9.90 Å². The number of carbonyl (C=O) groups excluding carboxylic acids is 1. The Hall–Kier alpha value is -0.970.